The molecule has 4 nitrogen and oxygen atoms in total. The number of hydrogen-bond donors (Lipinski definition) is 1. The lowest BCUT2D eigenvalue weighted by Crippen LogP contribution is -2.36. The Labute approximate surface area is 129 Å². The van der Waals surface area contributed by atoms with Gasteiger partial charge >= 0.3 is 0 Å². The average Bonchev–Trinajstić information content (AvgIpc) is 2.49. The van der Waals surface area contributed by atoms with Gasteiger partial charge in [0, 0.05) is 11.2 Å². The van der Waals surface area contributed by atoms with E-state index < -0.39 is 6.10 Å². The summed E-state index contributed by atoms with van der Waals surface area (Å²) in [6.45, 7) is 3.98. The van der Waals surface area contributed by atoms with Crippen molar-refractivity contribution in [2.24, 2.45) is 0 Å². The molecule has 1 N–H and O–H groups in total. The highest BCUT2D eigenvalue weighted by molar-refractivity contribution is 6.31. The Morgan fingerprint density at radius 3 is 2.86 bits per heavy atom. The lowest BCUT2D eigenvalue weighted by atomic mass is 10.2. The number of rotatable bonds is 5. The third-order valence-electron chi connectivity index (χ3n) is 2.98. The van der Waals surface area contributed by atoms with E-state index in [0.29, 0.717) is 17.3 Å². The molecule has 0 saturated heterocycles. The van der Waals surface area contributed by atoms with Crippen molar-refractivity contribution in [3.05, 3.63) is 58.9 Å². The van der Waals surface area contributed by atoms with Crippen LogP contribution in [0.15, 0.2) is 42.6 Å². The summed E-state index contributed by atoms with van der Waals surface area (Å²) in [6.07, 6.45) is 1.10. The zero-order chi connectivity index (χ0) is 15.2. The van der Waals surface area contributed by atoms with E-state index in [-0.39, 0.29) is 5.91 Å². The van der Waals surface area contributed by atoms with E-state index in [0.717, 1.165) is 11.3 Å². The third-order valence-corrected chi connectivity index (χ3v) is 3.41. The molecule has 0 aliphatic heterocycles. The normalized spacial score (nSPS) is 11.8. The lowest BCUT2D eigenvalue weighted by molar-refractivity contribution is -0.127. The molecule has 0 spiro atoms. The van der Waals surface area contributed by atoms with Crippen molar-refractivity contribution in [1.82, 2.24) is 10.3 Å². The predicted octanol–water partition coefficient (Wildman–Crippen LogP) is 3.13. The quantitative estimate of drug-likeness (QED) is 0.923. The Hall–Kier alpha value is -2.07. The number of benzene rings is 1. The number of aryl methyl sites for hydroxylation is 1. The van der Waals surface area contributed by atoms with Crippen LogP contribution in [-0.2, 0) is 11.3 Å². The Morgan fingerprint density at radius 2 is 2.19 bits per heavy atom. The fourth-order valence-electron chi connectivity index (χ4n) is 1.77. The summed E-state index contributed by atoms with van der Waals surface area (Å²) < 4.78 is 5.61. The maximum Gasteiger partial charge on any atom is 0.261 e. The SMILES string of the molecule is Cc1cc(O[C@@H](C)C(=O)NCc2ccccn2)ccc1Cl. The van der Waals surface area contributed by atoms with Crippen molar-refractivity contribution in [2.75, 3.05) is 0 Å². The maximum atomic E-state index is 12.0. The Bertz CT molecular complexity index is 617. The number of carbonyl (C=O) groups is 1. The number of aromatic nitrogens is 1. The van der Waals surface area contributed by atoms with Gasteiger partial charge in [-0.1, -0.05) is 17.7 Å². The first-order valence-electron chi connectivity index (χ1n) is 6.66. The van der Waals surface area contributed by atoms with Crippen LogP contribution in [0.3, 0.4) is 0 Å². The summed E-state index contributed by atoms with van der Waals surface area (Å²) in [7, 11) is 0. The van der Waals surface area contributed by atoms with Gasteiger partial charge in [-0.3, -0.25) is 9.78 Å². The Morgan fingerprint density at radius 1 is 1.38 bits per heavy atom. The smallest absolute Gasteiger partial charge is 0.261 e. The highest BCUT2D eigenvalue weighted by Crippen LogP contribution is 2.21. The zero-order valence-corrected chi connectivity index (χ0v) is 12.7. The Balaban J connectivity index is 1.88. The number of pyridine rings is 1. The van der Waals surface area contributed by atoms with E-state index in [4.69, 9.17) is 16.3 Å². The van der Waals surface area contributed by atoms with Crippen LogP contribution >= 0.6 is 11.6 Å². The van der Waals surface area contributed by atoms with Crippen LogP contribution in [0.25, 0.3) is 0 Å². The number of hydrogen-bond acceptors (Lipinski definition) is 3. The molecule has 0 aliphatic rings. The third kappa shape index (κ3) is 4.46. The first-order valence-corrected chi connectivity index (χ1v) is 7.04. The van der Waals surface area contributed by atoms with E-state index >= 15 is 0 Å². The van der Waals surface area contributed by atoms with Gasteiger partial charge in [-0.05, 0) is 49.7 Å². The number of halogens is 1. The fraction of sp³-hybridized carbons (Fsp3) is 0.250. The second kappa shape index (κ2) is 7.09. The zero-order valence-electron chi connectivity index (χ0n) is 12.0. The predicted molar refractivity (Wildman–Crippen MR) is 82.4 cm³/mol. The molecular weight excluding hydrogens is 288 g/mol. The van der Waals surface area contributed by atoms with Crippen molar-refractivity contribution >= 4 is 17.5 Å². The number of nitrogens with one attached hydrogen (secondary N) is 1. The minimum Gasteiger partial charge on any atom is -0.481 e. The number of amides is 1. The molecule has 1 amide bonds. The molecule has 2 rings (SSSR count). The summed E-state index contributed by atoms with van der Waals surface area (Å²) in [6, 6.07) is 10.9. The van der Waals surface area contributed by atoms with Crippen LogP contribution in [0, 0.1) is 6.92 Å². The van der Waals surface area contributed by atoms with Gasteiger partial charge in [0.1, 0.15) is 5.75 Å². The molecular formula is C16H17ClN2O2. The summed E-state index contributed by atoms with van der Waals surface area (Å²) in [4.78, 5) is 16.1. The maximum absolute atomic E-state index is 12.0. The van der Waals surface area contributed by atoms with Crippen LogP contribution < -0.4 is 10.1 Å². The molecule has 1 aromatic heterocycles. The van der Waals surface area contributed by atoms with Gasteiger partial charge in [0.15, 0.2) is 6.10 Å². The molecule has 0 saturated carbocycles. The molecule has 1 aromatic carbocycles. The molecule has 0 aliphatic carbocycles. The second-order valence-electron chi connectivity index (χ2n) is 4.71. The van der Waals surface area contributed by atoms with Crippen LogP contribution in [0.1, 0.15) is 18.2 Å². The molecule has 0 fully saturated rings. The minimum atomic E-state index is -0.589. The van der Waals surface area contributed by atoms with E-state index in [1.807, 2.05) is 31.2 Å². The molecule has 1 atom stereocenters. The molecule has 2 aromatic rings. The fourth-order valence-corrected chi connectivity index (χ4v) is 1.89. The minimum absolute atomic E-state index is 0.187. The Kier molecular flexibility index (Phi) is 5.17. The molecule has 0 bridgehead atoms. The summed E-state index contributed by atoms with van der Waals surface area (Å²) in [5.74, 6) is 0.436. The highest BCUT2D eigenvalue weighted by atomic mass is 35.5. The topological polar surface area (TPSA) is 51.2 Å². The van der Waals surface area contributed by atoms with E-state index in [1.54, 1.807) is 25.3 Å². The molecule has 0 radical (unpaired) electrons. The van der Waals surface area contributed by atoms with Crippen molar-refractivity contribution in [2.45, 2.75) is 26.5 Å². The van der Waals surface area contributed by atoms with Gasteiger partial charge in [-0.25, -0.2) is 0 Å². The van der Waals surface area contributed by atoms with Crippen LogP contribution in [-0.4, -0.2) is 17.0 Å². The average molecular weight is 305 g/mol. The molecule has 110 valence electrons. The second-order valence-corrected chi connectivity index (χ2v) is 5.12. The van der Waals surface area contributed by atoms with Gasteiger partial charge in [0.05, 0.1) is 12.2 Å². The van der Waals surface area contributed by atoms with E-state index in [1.165, 1.54) is 0 Å². The van der Waals surface area contributed by atoms with Crippen LogP contribution in [0.2, 0.25) is 5.02 Å². The molecule has 5 heteroatoms. The highest BCUT2D eigenvalue weighted by Gasteiger charge is 2.14. The van der Waals surface area contributed by atoms with Crippen molar-refractivity contribution in [3.63, 3.8) is 0 Å². The summed E-state index contributed by atoms with van der Waals surface area (Å²) >= 11 is 5.96. The lowest BCUT2D eigenvalue weighted by Gasteiger charge is -2.15. The van der Waals surface area contributed by atoms with Crippen molar-refractivity contribution in [1.29, 1.82) is 0 Å². The van der Waals surface area contributed by atoms with Crippen LogP contribution in [0.4, 0.5) is 0 Å². The van der Waals surface area contributed by atoms with Gasteiger partial charge in [0.25, 0.3) is 5.91 Å². The number of nitrogens with zero attached hydrogens (tertiary/aromatic N) is 1. The van der Waals surface area contributed by atoms with Gasteiger partial charge < -0.3 is 10.1 Å². The van der Waals surface area contributed by atoms with E-state index in [9.17, 15) is 4.79 Å². The molecule has 21 heavy (non-hydrogen) atoms. The van der Waals surface area contributed by atoms with Gasteiger partial charge in [-0.15, -0.1) is 0 Å². The summed E-state index contributed by atoms with van der Waals surface area (Å²) in [5.41, 5.74) is 1.72. The monoisotopic (exact) mass is 304 g/mol. The first kappa shape index (κ1) is 15.3. The number of carbonyl (C=O) groups excluding carboxylic acids is 1. The van der Waals surface area contributed by atoms with E-state index in [2.05, 4.69) is 10.3 Å². The number of ether oxygens (including phenoxy) is 1. The summed E-state index contributed by atoms with van der Waals surface area (Å²) in [5, 5.41) is 3.47. The standard InChI is InChI=1S/C16H17ClN2O2/c1-11-9-14(6-7-15(11)17)21-12(2)16(20)19-10-13-5-3-4-8-18-13/h3-9,12H,10H2,1-2H3,(H,19,20)/t12-/m0/s1. The van der Waals surface area contributed by atoms with Gasteiger partial charge in [0.2, 0.25) is 0 Å². The molecule has 1 heterocycles. The van der Waals surface area contributed by atoms with Crippen LogP contribution in [0.5, 0.6) is 5.75 Å². The van der Waals surface area contributed by atoms with Crippen molar-refractivity contribution < 1.29 is 9.53 Å². The van der Waals surface area contributed by atoms with Crippen molar-refractivity contribution in [3.8, 4) is 5.75 Å². The first-order chi connectivity index (χ1) is 10.1. The largest absolute Gasteiger partial charge is 0.481 e. The molecule has 0 unspecified atom stereocenters. The van der Waals surface area contributed by atoms with Gasteiger partial charge in [-0.2, -0.15) is 0 Å².